The Kier molecular flexibility index (Phi) is 13.3. The Hall–Kier alpha value is -12.4. The molecule has 19 rings (SSSR count). The molecular formula is C95H68N4. The number of hydrogen-bond donors (Lipinski definition) is 0. The summed E-state index contributed by atoms with van der Waals surface area (Å²) >= 11 is 0. The van der Waals surface area contributed by atoms with Crippen molar-refractivity contribution in [1.29, 1.82) is 0 Å². The fourth-order valence-corrected chi connectivity index (χ4v) is 17.1. The fourth-order valence-electron chi connectivity index (χ4n) is 17.1. The Bertz CT molecular complexity index is 5680. The van der Waals surface area contributed by atoms with Crippen LogP contribution in [0, 0.1) is 0 Å². The summed E-state index contributed by atoms with van der Waals surface area (Å²) in [6.07, 6.45) is 4.04. The molecule has 4 heteroatoms. The van der Waals surface area contributed by atoms with Crippen LogP contribution < -0.4 is 4.90 Å². The van der Waals surface area contributed by atoms with Crippen molar-refractivity contribution in [1.82, 2.24) is 14.1 Å². The van der Waals surface area contributed by atoms with Crippen molar-refractivity contribution in [2.75, 3.05) is 4.90 Å². The monoisotopic (exact) mass is 1260 g/mol. The molecule has 0 amide bonds. The summed E-state index contributed by atoms with van der Waals surface area (Å²) < 4.78 is 4.86. The van der Waals surface area contributed by atoms with E-state index in [2.05, 4.69) is 381 Å². The number of para-hydroxylation sites is 4. The van der Waals surface area contributed by atoms with Gasteiger partial charge in [0.25, 0.3) is 0 Å². The van der Waals surface area contributed by atoms with E-state index in [-0.39, 0.29) is 5.41 Å². The van der Waals surface area contributed by atoms with Crippen molar-refractivity contribution in [2.24, 2.45) is 0 Å². The van der Waals surface area contributed by atoms with E-state index < -0.39 is 10.8 Å². The van der Waals surface area contributed by atoms with Crippen molar-refractivity contribution >= 4 is 60.7 Å². The lowest BCUT2D eigenvalue weighted by atomic mass is 9.67. The first-order chi connectivity index (χ1) is 48.7. The van der Waals surface area contributed by atoms with E-state index in [9.17, 15) is 0 Å². The fraction of sp³-hybridized carbons (Fsp3) is 0.0632. The van der Waals surface area contributed by atoms with Gasteiger partial charge in [-0.15, -0.1) is 0 Å². The van der Waals surface area contributed by atoms with Crippen LogP contribution in [-0.4, -0.2) is 14.1 Å². The average molecular weight is 1270 g/mol. The second-order valence-corrected chi connectivity index (χ2v) is 27.8. The average Bonchev–Trinajstić information content (AvgIpc) is 1.57. The quantitative estimate of drug-likeness (QED) is 0.129. The summed E-state index contributed by atoms with van der Waals surface area (Å²) in [5, 5.41) is 4.91. The third kappa shape index (κ3) is 8.88. The molecule has 0 spiro atoms. The topological polar surface area (TPSA) is 26.0 Å². The molecule has 17 aromatic rings. The number of nitrogens with zero attached hydrogens (tertiary/aromatic N) is 4. The minimum Gasteiger partial charge on any atom is -0.311 e. The largest absolute Gasteiger partial charge is 0.311 e. The highest BCUT2D eigenvalue weighted by molar-refractivity contribution is 6.11. The first-order valence-corrected chi connectivity index (χ1v) is 34.5. The minimum atomic E-state index is -0.638. The molecule has 0 N–H and O–H groups in total. The third-order valence-corrected chi connectivity index (χ3v) is 21.5. The summed E-state index contributed by atoms with van der Waals surface area (Å²) in [6.45, 7) is 6.86. The van der Waals surface area contributed by atoms with Crippen LogP contribution in [0.25, 0.3) is 99.5 Å². The molecule has 2 aliphatic carbocycles. The van der Waals surface area contributed by atoms with Crippen molar-refractivity contribution < 1.29 is 0 Å². The van der Waals surface area contributed by atoms with E-state index in [1.54, 1.807) is 0 Å². The van der Waals surface area contributed by atoms with Crippen LogP contribution in [0.2, 0.25) is 0 Å². The molecule has 2 aliphatic rings. The Labute approximate surface area is 577 Å². The highest BCUT2D eigenvalue weighted by atomic mass is 15.1. The molecule has 0 bridgehead atoms. The van der Waals surface area contributed by atoms with Gasteiger partial charge in [0.05, 0.1) is 32.9 Å². The first kappa shape index (κ1) is 58.0. The standard InChI is InChI=1S/C95H68N4/c1-93(2,3)67-45-51-72(52-46-67)97(73-53-47-70(48-54-73)94(68-23-5-4-6-24-68)85-33-15-7-25-77(85)78-26-8-16-34-86(78)94)74-55-49-71(50-56-74)95(87-35-17-9-27-79(87)80-28-10-18-36-88(80)95)69-43-41-63(42-44-69)65-57-66(62-96-61-65)64-58-75(98-89-37-19-11-29-81(89)82-30-12-20-38-90(82)98)60-76(59-64)99-91-39-21-13-31-83(91)84-32-14-22-40-92(84)99/h4-62H,1-3H3. The maximum atomic E-state index is 5.06. The van der Waals surface area contributed by atoms with Crippen molar-refractivity contribution in [3.8, 4) is 55.9 Å². The van der Waals surface area contributed by atoms with Gasteiger partial charge in [-0.2, -0.15) is 0 Å². The number of fused-ring (bicyclic) bond motifs is 12. The van der Waals surface area contributed by atoms with Crippen molar-refractivity contribution in [3.05, 3.63) is 408 Å². The second-order valence-electron chi connectivity index (χ2n) is 27.8. The summed E-state index contributed by atoms with van der Waals surface area (Å²) in [5.41, 5.74) is 29.6. The molecule has 0 saturated carbocycles. The van der Waals surface area contributed by atoms with Crippen LogP contribution in [0.5, 0.6) is 0 Å². The lowest BCUT2D eigenvalue weighted by molar-refractivity contribution is 0.590. The van der Waals surface area contributed by atoms with Crippen LogP contribution in [0.3, 0.4) is 0 Å². The van der Waals surface area contributed by atoms with Gasteiger partial charge in [0.1, 0.15) is 0 Å². The second kappa shape index (κ2) is 22.6. The van der Waals surface area contributed by atoms with E-state index in [0.29, 0.717) is 0 Å². The molecule has 14 aromatic carbocycles. The zero-order valence-corrected chi connectivity index (χ0v) is 55.4. The summed E-state index contributed by atoms with van der Waals surface area (Å²) in [5.74, 6) is 0. The van der Waals surface area contributed by atoms with Crippen molar-refractivity contribution in [3.63, 3.8) is 0 Å². The summed E-state index contributed by atoms with van der Waals surface area (Å²) in [7, 11) is 0. The van der Waals surface area contributed by atoms with Gasteiger partial charge >= 0.3 is 0 Å². The van der Waals surface area contributed by atoms with Crippen molar-refractivity contribution in [2.45, 2.75) is 37.0 Å². The SMILES string of the molecule is CC(C)(C)c1ccc(N(c2ccc(C3(c4ccccc4)c4ccccc4-c4ccccc43)cc2)c2ccc(C3(c4ccc(-c5cncc(-c6cc(-n7c8ccccc8c8ccccc87)cc(-n7c8ccccc8c8ccccc87)c6)c5)cc4)c4ccccc4-c4ccccc43)cc2)cc1. The molecule has 3 aromatic heterocycles. The maximum Gasteiger partial charge on any atom is 0.0713 e. The Morgan fingerprint density at radius 2 is 0.586 bits per heavy atom. The van der Waals surface area contributed by atoms with Gasteiger partial charge in [0.2, 0.25) is 0 Å². The number of aromatic nitrogens is 3. The van der Waals surface area contributed by atoms with Gasteiger partial charge in [-0.25, -0.2) is 0 Å². The molecular weight excluding hydrogens is 1200 g/mol. The Morgan fingerprint density at radius 1 is 0.273 bits per heavy atom. The van der Waals surface area contributed by atoms with Gasteiger partial charge in [-0.3, -0.25) is 4.98 Å². The summed E-state index contributed by atoms with van der Waals surface area (Å²) in [6, 6.07) is 129. The number of rotatable bonds is 11. The van der Waals surface area contributed by atoms with Crippen LogP contribution in [-0.2, 0) is 16.2 Å². The molecule has 0 saturated heterocycles. The molecule has 0 atom stereocenters. The van der Waals surface area contributed by atoms with Crippen LogP contribution >= 0.6 is 0 Å². The van der Waals surface area contributed by atoms with E-state index in [1.807, 2.05) is 12.4 Å². The Morgan fingerprint density at radius 3 is 0.970 bits per heavy atom. The smallest absolute Gasteiger partial charge is 0.0713 e. The number of benzene rings is 14. The predicted molar refractivity (Wildman–Crippen MR) is 412 cm³/mol. The van der Waals surface area contributed by atoms with E-state index in [1.165, 1.54) is 93.9 Å². The minimum absolute atomic E-state index is 0.00331. The zero-order chi connectivity index (χ0) is 66.0. The molecule has 0 unspecified atom stereocenters. The van der Waals surface area contributed by atoms with Gasteiger partial charge in [0, 0.05) is 73.5 Å². The molecule has 3 heterocycles. The zero-order valence-electron chi connectivity index (χ0n) is 55.4. The third-order valence-electron chi connectivity index (χ3n) is 21.5. The highest BCUT2D eigenvalue weighted by Crippen LogP contribution is 2.59. The van der Waals surface area contributed by atoms with Crippen LogP contribution in [0.15, 0.2) is 358 Å². The highest BCUT2D eigenvalue weighted by Gasteiger charge is 2.47. The first-order valence-electron chi connectivity index (χ1n) is 34.5. The normalized spacial score (nSPS) is 13.4. The molecule has 468 valence electrons. The summed E-state index contributed by atoms with van der Waals surface area (Å²) in [4.78, 5) is 7.49. The van der Waals surface area contributed by atoms with Gasteiger partial charge in [-0.1, -0.05) is 282 Å². The maximum absolute atomic E-state index is 5.06. The van der Waals surface area contributed by atoms with E-state index in [4.69, 9.17) is 4.98 Å². The number of pyridine rings is 1. The van der Waals surface area contributed by atoms with E-state index >= 15 is 0 Å². The van der Waals surface area contributed by atoms with Gasteiger partial charge < -0.3 is 14.0 Å². The van der Waals surface area contributed by atoms with Gasteiger partial charge in [0.15, 0.2) is 0 Å². The van der Waals surface area contributed by atoms with Gasteiger partial charge in [-0.05, 0) is 174 Å². The molecule has 99 heavy (non-hydrogen) atoms. The molecule has 0 aliphatic heterocycles. The lowest BCUT2D eigenvalue weighted by Gasteiger charge is -2.35. The predicted octanol–water partition coefficient (Wildman–Crippen LogP) is 24.1. The Balaban J connectivity index is 0.730. The van der Waals surface area contributed by atoms with Crippen LogP contribution in [0.1, 0.15) is 70.8 Å². The number of hydrogen-bond acceptors (Lipinski definition) is 2. The van der Waals surface area contributed by atoms with Crippen LogP contribution in [0.4, 0.5) is 17.1 Å². The lowest BCUT2D eigenvalue weighted by Crippen LogP contribution is -2.28. The molecule has 4 nitrogen and oxygen atoms in total. The molecule has 0 fully saturated rings. The number of anilines is 3. The molecule has 0 radical (unpaired) electrons. The van der Waals surface area contributed by atoms with E-state index in [0.717, 1.165) is 72.8 Å².